The molecule has 0 aliphatic carbocycles. The third kappa shape index (κ3) is 25.5. The zero-order valence-electron chi connectivity index (χ0n) is 46.2. The van der Waals surface area contributed by atoms with Crippen LogP contribution in [-0.2, 0) is 51.7 Å². The van der Waals surface area contributed by atoms with Crippen molar-refractivity contribution >= 4 is 43.1 Å². The highest BCUT2D eigenvalue weighted by Crippen LogP contribution is 2.44. The van der Waals surface area contributed by atoms with Gasteiger partial charge in [0.05, 0.1) is 60.9 Å². The van der Waals surface area contributed by atoms with E-state index in [1.165, 1.54) is 24.3 Å². The number of likely N-dealkylation sites (N-methyl/N-ethyl adjacent to an activating group) is 1. The van der Waals surface area contributed by atoms with Gasteiger partial charge in [-0.05, 0) is 51.7 Å². The summed E-state index contributed by atoms with van der Waals surface area (Å²) in [6.45, 7) is 2.70. The minimum Gasteiger partial charge on any atom is -0.462 e. The maximum atomic E-state index is 12.8. The molecule has 0 spiro atoms. The van der Waals surface area contributed by atoms with Crippen LogP contribution in [0.4, 0.5) is 11.4 Å². The lowest BCUT2D eigenvalue weighted by Crippen LogP contribution is -2.37. The van der Waals surface area contributed by atoms with Crippen LogP contribution >= 0.6 is 7.82 Å². The molecule has 0 aromatic heterocycles. The Bertz CT molecular complexity index is 2290. The summed E-state index contributed by atoms with van der Waals surface area (Å²) in [7, 11) is 1.24. The molecule has 2 aliphatic rings. The van der Waals surface area contributed by atoms with Crippen molar-refractivity contribution in [3.63, 3.8) is 0 Å². The summed E-state index contributed by atoms with van der Waals surface area (Å²) < 4.78 is 66.5. The summed E-state index contributed by atoms with van der Waals surface area (Å²) in [6, 6.07) is 5.54. The van der Waals surface area contributed by atoms with Gasteiger partial charge in [-0.3, -0.25) is 48.5 Å². The van der Waals surface area contributed by atoms with Crippen molar-refractivity contribution < 1.29 is 89.9 Å². The number of nitro groups is 2. The lowest BCUT2D eigenvalue weighted by atomic mass is 10.0. The molecule has 4 atom stereocenters. The second-order valence-corrected chi connectivity index (χ2v) is 22.2. The Balaban J connectivity index is 1.01. The molecule has 78 heavy (non-hydrogen) atoms. The van der Waals surface area contributed by atoms with Crippen LogP contribution in [0.2, 0.25) is 0 Å². The van der Waals surface area contributed by atoms with Gasteiger partial charge in [0.15, 0.2) is 29.1 Å². The average molecular weight is 1130 g/mol. The number of hydrogen-bond acceptors (Lipinski definition) is 19. The maximum absolute atomic E-state index is 12.8. The second-order valence-electron chi connectivity index (χ2n) is 20.8. The molecule has 2 aliphatic heterocycles. The Morgan fingerprint density at radius 2 is 0.872 bits per heavy atom. The number of carbonyl (C=O) groups excluding carboxylic acids is 4. The second kappa shape index (κ2) is 34.4. The third-order valence-corrected chi connectivity index (χ3v) is 14.1. The van der Waals surface area contributed by atoms with Crippen LogP contribution in [0.25, 0.3) is 0 Å². The van der Waals surface area contributed by atoms with E-state index in [2.05, 4.69) is 0 Å². The van der Waals surface area contributed by atoms with Crippen LogP contribution in [0.1, 0.15) is 191 Å². The number of esters is 4. The summed E-state index contributed by atoms with van der Waals surface area (Å²) in [5.41, 5.74) is 0.107. The van der Waals surface area contributed by atoms with Crippen molar-refractivity contribution in [2.24, 2.45) is 0 Å². The minimum atomic E-state index is -4.48. The Hall–Kier alpha value is -5.61. The molecular weight excluding hydrogens is 1040 g/mol. The summed E-state index contributed by atoms with van der Waals surface area (Å²) in [5.74, 6) is -0.533. The molecular formula is C54H83N3O20P+. The van der Waals surface area contributed by atoms with Gasteiger partial charge in [0, 0.05) is 25.7 Å². The van der Waals surface area contributed by atoms with Gasteiger partial charge in [0.25, 0.3) is 11.4 Å². The molecule has 0 radical (unpaired) electrons. The van der Waals surface area contributed by atoms with E-state index in [9.17, 15) is 48.9 Å². The summed E-state index contributed by atoms with van der Waals surface area (Å²) in [6.07, 6.45) is 15.8. The van der Waals surface area contributed by atoms with Crippen LogP contribution < -0.4 is 18.9 Å². The zero-order chi connectivity index (χ0) is 56.9. The van der Waals surface area contributed by atoms with E-state index >= 15 is 0 Å². The first-order valence-corrected chi connectivity index (χ1v) is 29.0. The van der Waals surface area contributed by atoms with Gasteiger partial charge in [0.1, 0.15) is 32.0 Å². The summed E-state index contributed by atoms with van der Waals surface area (Å²) >= 11 is 0. The highest BCUT2D eigenvalue weighted by molar-refractivity contribution is 7.47. The van der Waals surface area contributed by atoms with Gasteiger partial charge < -0.3 is 47.3 Å². The molecule has 24 heteroatoms. The van der Waals surface area contributed by atoms with E-state index in [0.717, 1.165) is 103 Å². The number of rotatable bonds is 42. The minimum absolute atomic E-state index is 0.0270. The van der Waals surface area contributed by atoms with Crippen LogP contribution in [0.5, 0.6) is 23.0 Å². The van der Waals surface area contributed by atoms with Crippen molar-refractivity contribution in [3.05, 3.63) is 55.6 Å². The standard InChI is InChI=1S/C54H82N3O20P/c1-40(43-32-47-49(71-38-69-47)34-45(43)55(62)63)75-52(59)27-23-19-15-11-7-6-10-14-18-22-26-51(58)68-36-42(37-74-78(66,67)73-31-30-57(3,4)5)77-54(61)29-25-21-17-13-9-8-12-16-20-24-28-53(60)76-41(2)44-33-48-50(72-39-70-48)35-46(44)56(64)65/h32-35,40-42H,6-31,36-39H2,1-5H3/p+1/t40?,41?,42-/m1/s1. The molecule has 2 aromatic rings. The average Bonchev–Trinajstić information content (AvgIpc) is 4.08. The normalized spacial score (nSPS) is 14.5. The maximum Gasteiger partial charge on any atom is 0.472 e. The Kier molecular flexibility index (Phi) is 28.6. The Morgan fingerprint density at radius 3 is 1.23 bits per heavy atom. The van der Waals surface area contributed by atoms with Gasteiger partial charge >= 0.3 is 31.7 Å². The van der Waals surface area contributed by atoms with Gasteiger partial charge in [-0.2, -0.15) is 0 Å². The predicted molar refractivity (Wildman–Crippen MR) is 284 cm³/mol. The van der Waals surface area contributed by atoms with Crippen molar-refractivity contribution in [1.82, 2.24) is 0 Å². The van der Waals surface area contributed by atoms with Crippen molar-refractivity contribution in [2.75, 3.05) is 61.1 Å². The molecule has 438 valence electrons. The highest BCUT2D eigenvalue weighted by Gasteiger charge is 2.31. The topological polar surface area (TPSA) is 284 Å². The molecule has 2 heterocycles. The fourth-order valence-corrected chi connectivity index (χ4v) is 9.41. The summed E-state index contributed by atoms with van der Waals surface area (Å²) in [5, 5.41) is 23.2. The first-order valence-electron chi connectivity index (χ1n) is 27.5. The molecule has 23 nitrogen and oxygen atoms in total. The van der Waals surface area contributed by atoms with Crippen molar-refractivity contribution in [3.8, 4) is 23.0 Å². The fourth-order valence-electron chi connectivity index (χ4n) is 8.67. The van der Waals surface area contributed by atoms with Gasteiger partial charge in [0.2, 0.25) is 13.6 Å². The van der Waals surface area contributed by atoms with Crippen molar-refractivity contribution in [1.29, 1.82) is 0 Å². The van der Waals surface area contributed by atoms with Crippen LogP contribution in [0.3, 0.4) is 0 Å². The zero-order valence-corrected chi connectivity index (χ0v) is 47.1. The molecule has 0 bridgehead atoms. The predicted octanol–water partition coefficient (Wildman–Crippen LogP) is 11.5. The number of nitro benzene ring substituents is 2. The van der Waals surface area contributed by atoms with Gasteiger partial charge in [-0.1, -0.05) is 103 Å². The van der Waals surface area contributed by atoms with Crippen LogP contribution in [0.15, 0.2) is 24.3 Å². The molecule has 0 amide bonds. The van der Waals surface area contributed by atoms with E-state index in [-0.39, 0.29) is 86.5 Å². The number of ether oxygens (including phenoxy) is 8. The number of phosphoric acid groups is 1. The quantitative estimate of drug-likeness (QED) is 0.0123. The first-order chi connectivity index (χ1) is 37.2. The SMILES string of the molecule is CC(OC(=O)CCCCCCCCCCCCC(=O)OC[C@H](COP(=O)(O)OCC[N+](C)(C)C)OC(=O)CCCCCCCCCCCCC(=O)OC(C)c1cc2c(cc1[N+](=O)[O-])OCO2)c1cc2c(cc1[N+](=O)[O-])OCO2. The molecule has 2 aromatic carbocycles. The highest BCUT2D eigenvalue weighted by atomic mass is 31.2. The smallest absolute Gasteiger partial charge is 0.462 e. The van der Waals surface area contributed by atoms with Crippen molar-refractivity contribution in [2.45, 2.75) is 186 Å². The van der Waals surface area contributed by atoms with Crippen LogP contribution in [-0.4, -0.2) is 110 Å². The lowest BCUT2D eigenvalue weighted by Gasteiger charge is -2.24. The molecule has 4 rings (SSSR count). The number of hydrogen-bond donors (Lipinski definition) is 1. The third-order valence-electron chi connectivity index (χ3n) is 13.1. The first kappa shape index (κ1) is 64.9. The van der Waals surface area contributed by atoms with E-state index < -0.39 is 66.5 Å². The van der Waals surface area contributed by atoms with Gasteiger partial charge in [-0.25, -0.2) is 4.57 Å². The van der Waals surface area contributed by atoms with Crippen LogP contribution in [0, 0.1) is 20.2 Å². The number of quaternary nitrogens is 1. The number of unbranched alkanes of at least 4 members (excludes halogenated alkanes) is 18. The fraction of sp³-hybridized carbons (Fsp3) is 0.704. The monoisotopic (exact) mass is 1120 g/mol. The largest absolute Gasteiger partial charge is 0.472 e. The number of carbonyl (C=O) groups is 4. The molecule has 3 unspecified atom stereocenters. The number of nitrogens with zero attached hydrogens (tertiary/aromatic N) is 3. The molecule has 1 N–H and O–H groups in total. The Morgan fingerprint density at radius 1 is 0.538 bits per heavy atom. The molecule has 0 saturated carbocycles. The summed E-state index contributed by atoms with van der Waals surface area (Å²) in [4.78, 5) is 82.8. The number of benzene rings is 2. The van der Waals surface area contributed by atoms with E-state index in [4.69, 9.17) is 46.9 Å². The Labute approximate surface area is 457 Å². The molecule has 0 saturated heterocycles. The molecule has 0 fully saturated rings. The lowest BCUT2D eigenvalue weighted by molar-refractivity contribution is -0.870. The number of fused-ring (bicyclic) bond motifs is 2. The van der Waals surface area contributed by atoms with E-state index in [1.54, 1.807) is 13.8 Å². The number of phosphoric ester groups is 1. The van der Waals surface area contributed by atoms with Gasteiger partial charge in [-0.15, -0.1) is 0 Å². The van der Waals surface area contributed by atoms with E-state index in [1.807, 2.05) is 21.1 Å². The van der Waals surface area contributed by atoms with E-state index in [0.29, 0.717) is 48.2 Å².